The number of likely N-dealkylation sites (tertiary alicyclic amines) is 1. The average molecular weight is 456 g/mol. The van der Waals surface area contributed by atoms with Crippen molar-refractivity contribution >= 4 is 23.2 Å². The van der Waals surface area contributed by atoms with E-state index in [9.17, 15) is 19.8 Å². The Morgan fingerprint density at radius 3 is 2.75 bits per heavy atom. The first-order chi connectivity index (χ1) is 15.5. The predicted molar refractivity (Wildman–Crippen MR) is 119 cm³/mol. The van der Waals surface area contributed by atoms with Crippen LogP contribution in [0.5, 0.6) is 0 Å². The van der Waals surface area contributed by atoms with Gasteiger partial charge in [-0.2, -0.15) is 11.3 Å². The van der Waals surface area contributed by atoms with Crippen LogP contribution in [0.4, 0.5) is 0 Å². The van der Waals surface area contributed by atoms with Crippen LogP contribution in [0.1, 0.15) is 28.0 Å². The quantitative estimate of drug-likeness (QED) is 0.502. The van der Waals surface area contributed by atoms with Crippen LogP contribution in [0.2, 0.25) is 0 Å². The first kappa shape index (κ1) is 22.2. The van der Waals surface area contributed by atoms with Gasteiger partial charge in [0.2, 0.25) is 11.8 Å². The van der Waals surface area contributed by atoms with Crippen LogP contribution >= 0.6 is 11.3 Å². The van der Waals surface area contributed by atoms with Crippen LogP contribution in [-0.2, 0) is 17.8 Å². The van der Waals surface area contributed by atoms with Crippen LogP contribution in [0.15, 0.2) is 51.8 Å². The molecule has 3 aromatic rings. The van der Waals surface area contributed by atoms with Crippen LogP contribution in [0.3, 0.4) is 0 Å². The monoisotopic (exact) mass is 455 g/mol. The number of hydrogen-bond acceptors (Lipinski definition) is 7. The molecule has 3 heterocycles. The van der Waals surface area contributed by atoms with Crippen molar-refractivity contribution in [2.24, 2.45) is 5.92 Å². The molecule has 1 fully saturated rings. The van der Waals surface area contributed by atoms with Crippen LogP contribution < -0.4 is 5.32 Å². The van der Waals surface area contributed by atoms with Crippen LogP contribution in [0, 0.1) is 5.92 Å². The van der Waals surface area contributed by atoms with Crippen LogP contribution in [0.25, 0.3) is 11.5 Å². The van der Waals surface area contributed by atoms with Gasteiger partial charge in [-0.15, -0.1) is 0 Å². The number of nitrogens with one attached hydrogen (secondary N) is 1. The van der Waals surface area contributed by atoms with Crippen molar-refractivity contribution in [3.63, 3.8) is 0 Å². The van der Waals surface area contributed by atoms with Gasteiger partial charge < -0.3 is 24.8 Å². The third kappa shape index (κ3) is 5.24. The minimum absolute atomic E-state index is 0.0306. The van der Waals surface area contributed by atoms with E-state index in [0.29, 0.717) is 31.8 Å². The largest absolute Gasteiger partial charge is 0.444 e. The van der Waals surface area contributed by atoms with Gasteiger partial charge in [-0.1, -0.05) is 12.1 Å². The lowest BCUT2D eigenvalue weighted by Gasteiger charge is -2.34. The van der Waals surface area contributed by atoms with Gasteiger partial charge in [-0.05, 0) is 46.5 Å². The number of aromatic nitrogens is 1. The van der Waals surface area contributed by atoms with Gasteiger partial charge >= 0.3 is 0 Å². The first-order valence-electron chi connectivity index (χ1n) is 10.4. The Hall–Kier alpha value is -3.01. The molecule has 2 aromatic heterocycles. The van der Waals surface area contributed by atoms with E-state index in [-0.39, 0.29) is 36.6 Å². The number of carbonyl (C=O) groups excluding carboxylic acids is 2. The Bertz CT molecular complexity index is 1050. The second-order valence-electron chi connectivity index (χ2n) is 7.87. The van der Waals surface area contributed by atoms with Crippen molar-refractivity contribution in [3.05, 3.63) is 64.2 Å². The summed E-state index contributed by atoms with van der Waals surface area (Å²) in [4.78, 5) is 30.7. The van der Waals surface area contributed by atoms with E-state index >= 15 is 0 Å². The zero-order valence-electron chi connectivity index (χ0n) is 17.4. The average Bonchev–Trinajstić information content (AvgIpc) is 3.50. The molecule has 9 heteroatoms. The number of amides is 2. The Kier molecular flexibility index (Phi) is 6.99. The lowest BCUT2D eigenvalue weighted by atomic mass is 9.95. The number of rotatable bonds is 7. The normalized spacial score (nSPS) is 18.5. The zero-order valence-corrected chi connectivity index (χ0v) is 18.3. The Labute approximate surface area is 189 Å². The molecule has 1 aromatic carbocycles. The molecular formula is C23H25N3O5S. The van der Waals surface area contributed by atoms with E-state index in [2.05, 4.69) is 10.3 Å². The third-order valence-corrected chi connectivity index (χ3v) is 6.31. The molecule has 32 heavy (non-hydrogen) atoms. The van der Waals surface area contributed by atoms with E-state index in [0.717, 1.165) is 16.7 Å². The molecule has 1 aliphatic heterocycles. The third-order valence-electron chi connectivity index (χ3n) is 5.57. The van der Waals surface area contributed by atoms with E-state index in [1.165, 1.54) is 6.26 Å². The second-order valence-corrected chi connectivity index (χ2v) is 8.65. The fourth-order valence-corrected chi connectivity index (χ4v) is 4.33. The number of oxazole rings is 1. The highest BCUT2D eigenvalue weighted by Crippen LogP contribution is 2.22. The Balaban J connectivity index is 1.33. The van der Waals surface area contributed by atoms with Crippen molar-refractivity contribution in [2.45, 2.75) is 25.5 Å². The summed E-state index contributed by atoms with van der Waals surface area (Å²) in [5, 5.41) is 26.1. The topological polar surface area (TPSA) is 116 Å². The number of aliphatic hydroxyl groups is 2. The van der Waals surface area contributed by atoms with Gasteiger partial charge in [-0.25, -0.2) is 4.98 Å². The fourth-order valence-electron chi connectivity index (χ4n) is 3.66. The maximum absolute atomic E-state index is 12.7. The Morgan fingerprint density at radius 2 is 2.03 bits per heavy atom. The molecule has 168 valence electrons. The van der Waals surface area contributed by atoms with Gasteiger partial charge in [0.15, 0.2) is 5.69 Å². The van der Waals surface area contributed by atoms with Crippen molar-refractivity contribution in [2.75, 3.05) is 19.7 Å². The van der Waals surface area contributed by atoms with Crippen molar-refractivity contribution in [1.82, 2.24) is 15.2 Å². The summed E-state index contributed by atoms with van der Waals surface area (Å²) in [5.74, 6) is -0.332. The number of nitrogens with zero attached hydrogens (tertiary/aromatic N) is 2. The van der Waals surface area contributed by atoms with E-state index < -0.39 is 6.10 Å². The van der Waals surface area contributed by atoms with E-state index in [1.807, 2.05) is 41.1 Å². The summed E-state index contributed by atoms with van der Waals surface area (Å²) >= 11 is 1.57. The van der Waals surface area contributed by atoms with E-state index in [4.69, 9.17) is 4.42 Å². The standard InChI is InChI=1S/C23H25N3O5S/c27-12-18-11-26(7-5-20(18)28)23(30)19-13-31-22(25-19)17-3-1-15(2-4-17)10-24-21(29)9-16-6-8-32-14-16/h1-4,6,8,13-14,18,20,27-28H,5,7,9-12H2,(H,24,29)/t18-,20-/m1/s1. The highest BCUT2D eigenvalue weighted by Gasteiger charge is 2.31. The highest BCUT2D eigenvalue weighted by molar-refractivity contribution is 7.08. The minimum Gasteiger partial charge on any atom is -0.444 e. The number of piperidine rings is 1. The first-order valence-corrected chi connectivity index (χ1v) is 11.4. The summed E-state index contributed by atoms with van der Waals surface area (Å²) in [6.45, 7) is 0.943. The van der Waals surface area contributed by atoms with Crippen LogP contribution in [-0.4, -0.2) is 57.7 Å². The maximum atomic E-state index is 12.7. The summed E-state index contributed by atoms with van der Waals surface area (Å²) in [5.41, 5.74) is 2.86. The lowest BCUT2D eigenvalue weighted by Crippen LogP contribution is -2.47. The molecule has 2 atom stereocenters. The lowest BCUT2D eigenvalue weighted by molar-refractivity contribution is -0.120. The number of benzene rings is 1. The molecule has 0 bridgehead atoms. The number of carbonyl (C=O) groups is 2. The molecule has 3 N–H and O–H groups in total. The summed E-state index contributed by atoms with van der Waals surface area (Å²) < 4.78 is 5.51. The molecule has 0 saturated carbocycles. The molecule has 2 amide bonds. The summed E-state index contributed by atoms with van der Waals surface area (Å²) in [6.07, 6.45) is 1.52. The van der Waals surface area contributed by atoms with Gasteiger partial charge in [0.1, 0.15) is 6.26 Å². The Morgan fingerprint density at radius 1 is 1.22 bits per heavy atom. The zero-order chi connectivity index (χ0) is 22.5. The summed E-state index contributed by atoms with van der Waals surface area (Å²) in [6, 6.07) is 9.36. The second kappa shape index (κ2) is 10.1. The van der Waals surface area contributed by atoms with Gasteiger partial charge in [0, 0.05) is 31.1 Å². The molecule has 4 rings (SSSR count). The molecule has 0 unspecified atom stereocenters. The van der Waals surface area contributed by atoms with Gasteiger partial charge in [0.25, 0.3) is 5.91 Å². The van der Waals surface area contributed by atoms with Crippen molar-refractivity contribution in [3.8, 4) is 11.5 Å². The fraction of sp³-hybridized carbons (Fsp3) is 0.348. The number of thiophene rings is 1. The van der Waals surface area contributed by atoms with Crippen molar-refractivity contribution in [1.29, 1.82) is 0 Å². The predicted octanol–water partition coefficient (Wildman–Crippen LogP) is 2.08. The van der Waals surface area contributed by atoms with E-state index in [1.54, 1.807) is 16.2 Å². The minimum atomic E-state index is -0.601. The maximum Gasteiger partial charge on any atom is 0.275 e. The molecule has 1 saturated heterocycles. The molecule has 1 aliphatic rings. The summed E-state index contributed by atoms with van der Waals surface area (Å²) in [7, 11) is 0. The highest BCUT2D eigenvalue weighted by atomic mass is 32.1. The van der Waals surface area contributed by atoms with Gasteiger partial charge in [0.05, 0.1) is 19.1 Å². The van der Waals surface area contributed by atoms with Gasteiger partial charge in [-0.3, -0.25) is 9.59 Å². The smallest absolute Gasteiger partial charge is 0.275 e. The molecular weight excluding hydrogens is 430 g/mol. The SMILES string of the molecule is O=C(Cc1ccsc1)NCc1ccc(-c2nc(C(=O)N3CC[C@@H](O)[C@@H](CO)C3)co2)cc1. The molecule has 0 radical (unpaired) electrons. The number of aliphatic hydroxyl groups excluding tert-OH is 2. The number of hydrogen-bond donors (Lipinski definition) is 3. The molecule has 0 aliphatic carbocycles. The molecule has 0 spiro atoms. The molecule has 8 nitrogen and oxygen atoms in total. The van der Waals surface area contributed by atoms with Crippen molar-refractivity contribution < 1.29 is 24.2 Å².